The second kappa shape index (κ2) is 5.72. The summed E-state index contributed by atoms with van der Waals surface area (Å²) in [5, 5.41) is 3.92. The van der Waals surface area contributed by atoms with E-state index in [0.29, 0.717) is 5.92 Å². The second-order valence-electron chi connectivity index (χ2n) is 5.02. The van der Waals surface area contributed by atoms with Crippen molar-refractivity contribution >= 4 is 22.6 Å². The lowest BCUT2D eigenvalue weighted by Gasteiger charge is -2.11. The summed E-state index contributed by atoms with van der Waals surface area (Å²) in [6.07, 6.45) is 0.940. The molecular formula is C14H20ClN3. The number of halogens is 1. The monoisotopic (exact) mass is 265 g/mol. The molecular weight excluding hydrogens is 246 g/mol. The first-order chi connectivity index (χ1) is 8.61. The minimum absolute atomic E-state index is 0.603. The van der Waals surface area contributed by atoms with Crippen molar-refractivity contribution in [3.8, 4) is 0 Å². The van der Waals surface area contributed by atoms with E-state index in [9.17, 15) is 0 Å². The summed E-state index contributed by atoms with van der Waals surface area (Å²) in [5.74, 6) is 1.74. The number of nitrogens with one attached hydrogen (secondary N) is 1. The Morgan fingerprint density at radius 3 is 2.83 bits per heavy atom. The van der Waals surface area contributed by atoms with Gasteiger partial charge in [0.2, 0.25) is 0 Å². The number of imidazole rings is 1. The van der Waals surface area contributed by atoms with Crippen molar-refractivity contribution in [3.05, 3.63) is 29.0 Å². The Morgan fingerprint density at radius 1 is 1.39 bits per heavy atom. The van der Waals surface area contributed by atoms with E-state index in [-0.39, 0.29) is 0 Å². The van der Waals surface area contributed by atoms with Gasteiger partial charge in [0.1, 0.15) is 5.82 Å². The summed E-state index contributed by atoms with van der Waals surface area (Å²) in [5.41, 5.74) is 2.17. The molecule has 0 aliphatic carbocycles. The highest BCUT2D eigenvalue weighted by Gasteiger charge is 2.11. The lowest BCUT2D eigenvalue weighted by Crippen LogP contribution is -2.15. The first-order valence-electron chi connectivity index (χ1n) is 6.41. The van der Waals surface area contributed by atoms with Crippen molar-refractivity contribution in [2.24, 2.45) is 5.92 Å². The molecule has 1 heterocycles. The molecule has 0 unspecified atom stereocenters. The van der Waals surface area contributed by atoms with Crippen LogP contribution in [0.3, 0.4) is 0 Å². The van der Waals surface area contributed by atoms with Crippen LogP contribution in [0.4, 0.5) is 0 Å². The van der Waals surface area contributed by atoms with Crippen LogP contribution in [0.5, 0.6) is 0 Å². The van der Waals surface area contributed by atoms with Crippen molar-refractivity contribution in [1.29, 1.82) is 0 Å². The quantitative estimate of drug-likeness (QED) is 0.900. The lowest BCUT2D eigenvalue weighted by atomic mass is 10.2. The smallest absolute Gasteiger partial charge is 0.111 e. The zero-order chi connectivity index (χ0) is 13.1. The molecule has 0 aliphatic rings. The van der Waals surface area contributed by atoms with Crippen molar-refractivity contribution in [1.82, 2.24) is 14.9 Å². The van der Waals surface area contributed by atoms with Gasteiger partial charge in [-0.15, -0.1) is 0 Å². The maximum atomic E-state index is 6.03. The highest BCUT2D eigenvalue weighted by Crippen LogP contribution is 2.22. The first-order valence-corrected chi connectivity index (χ1v) is 6.79. The van der Waals surface area contributed by atoms with E-state index >= 15 is 0 Å². The van der Waals surface area contributed by atoms with E-state index in [0.717, 1.165) is 35.9 Å². The third-order valence-electron chi connectivity index (χ3n) is 2.94. The molecule has 0 saturated heterocycles. The van der Waals surface area contributed by atoms with Crippen molar-refractivity contribution in [2.75, 3.05) is 13.6 Å². The van der Waals surface area contributed by atoms with Crippen LogP contribution >= 0.6 is 11.6 Å². The normalized spacial score (nSPS) is 11.6. The topological polar surface area (TPSA) is 29.9 Å². The van der Waals surface area contributed by atoms with Gasteiger partial charge in [0.25, 0.3) is 0 Å². The van der Waals surface area contributed by atoms with E-state index in [1.54, 1.807) is 0 Å². The molecule has 0 amide bonds. The van der Waals surface area contributed by atoms with Crippen LogP contribution in [0.1, 0.15) is 19.7 Å². The third kappa shape index (κ3) is 2.85. The van der Waals surface area contributed by atoms with E-state index in [1.165, 1.54) is 5.52 Å². The maximum absolute atomic E-state index is 6.03. The van der Waals surface area contributed by atoms with Crippen molar-refractivity contribution < 1.29 is 0 Å². The molecule has 0 spiro atoms. The number of nitrogens with zero attached hydrogens (tertiary/aromatic N) is 2. The fourth-order valence-corrected chi connectivity index (χ4v) is 2.32. The maximum Gasteiger partial charge on any atom is 0.111 e. The molecule has 0 saturated carbocycles. The molecule has 0 atom stereocenters. The third-order valence-corrected chi connectivity index (χ3v) is 3.17. The second-order valence-corrected chi connectivity index (χ2v) is 5.46. The minimum Gasteiger partial charge on any atom is -0.328 e. The minimum atomic E-state index is 0.603. The Labute approximate surface area is 113 Å². The molecule has 1 N–H and O–H groups in total. The van der Waals surface area contributed by atoms with Crippen molar-refractivity contribution in [3.63, 3.8) is 0 Å². The van der Waals surface area contributed by atoms with Gasteiger partial charge < -0.3 is 9.88 Å². The van der Waals surface area contributed by atoms with E-state index in [2.05, 4.69) is 29.8 Å². The van der Waals surface area contributed by atoms with Crippen LogP contribution in [0, 0.1) is 5.92 Å². The van der Waals surface area contributed by atoms with Gasteiger partial charge in [0.05, 0.1) is 11.0 Å². The summed E-state index contributed by atoms with van der Waals surface area (Å²) < 4.78 is 2.31. The average molecular weight is 266 g/mol. The Balaban J connectivity index is 2.45. The number of likely N-dealkylation sites (N-methyl/N-ethyl adjacent to an activating group) is 1. The predicted molar refractivity (Wildman–Crippen MR) is 77.2 cm³/mol. The Bertz CT molecular complexity index is 531. The van der Waals surface area contributed by atoms with E-state index < -0.39 is 0 Å². The highest BCUT2D eigenvalue weighted by atomic mass is 35.5. The van der Waals surface area contributed by atoms with Crippen LogP contribution in [0.2, 0.25) is 5.02 Å². The van der Waals surface area contributed by atoms with Gasteiger partial charge in [0.15, 0.2) is 0 Å². The summed E-state index contributed by atoms with van der Waals surface area (Å²) in [6.45, 7) is 6.39. The fraction of sp³-hybridized carbons (Fsp3) is 0.500. The average Bonchev–Trinajstić information content (AvgIpc) is 2.63. The zero-order valence-electron chi connectivity index (χ0n) is 11.2. The molecule has 98 valence electrons. The number of benzene rings is 1. The van der Waals surface area contributed by atoms with Gasteiger partial charge in [-0.2, -0.15) is 0 Å². The number of aromatic nitrogens is 2. The van der Waals surface area contributed by atoms with Gasteiger partial charge in [-0.25, -0.2) is 4.98 Å². The Hall–Kier alpha value is -1.06. The SMILES string of the molecule is CNCCc1nc2cc(Cl)ccc2n1CC(C)C. The lowest BCUT2D eigenvalue weighted by molar-refractivity contribution is 0.514. The van der Waals surface area contributed by atoms with Gasteiger partial charge in [-0.05, 0) is 31.2 Å². The molecule has 0 aliphatic heterocycles. The first kappa shape index (κ1) is 13.4. The molecule has 18 heavy (non-hydrogen) atoms. The fourth-order valence-electron chi connectivity index (χ4n) is 2.15. The van der Waals surface area contributed by atoms with Gasteiger partial charge >= 0.3 is 0 Å². The number of rotatable bonds is 5. The van der Waals surface area contributed by atoms with Crippen LogP contribution in [-0.4, -0.2) is 23.1 Å². The summed E-state index contributed by atoms with van der Waals surface area (Å²) in [7, 11) is 1.96. The van der Waals surface area contributed by atoms with Gasteiger partial charge in [-0.1, -0.05) is 25.4 Å². The predicted octanol–water partition coefficient (Wildman–Crippen LogP) is 3.11. The Kier molecular flexibility index (Phi) is 4.25. The molecule has 0 fully saturated rings. The Morgan fingerprint density at radius 2 is 2.17 bits per heavy atom. The van der Waals surface area contributed by atoms with Crippen LogP contribution in [0.25, 0.3) is 11.0 Å². The van der Waals surface area contributed by atoms with Crippen LogP contribution < -0.4 is 5.32 Å². The zero-order valence-corrected chi connectivity index (χ0v) is 12.0. The van der Waals surface area contributed by atoms with Gasteiger partial charge in [-0.3, -0.25) is 0 Å². The summed E-state index contributed by atoms with van der Waals surface area (Å²) in [6, 6.07) is 5.94. The molecule has 2 rings (SSSR count). The molecule has 0 radical (unpaired) electrons. The largest absolute Gasteiger partial charge is 0.328 e. The highest BCUT2D eigenvalue weighted by molar-refractivity contribution is 6.31. The van der Waals surface area contributed by atoms with Crippen molar-refractivity contribution in [2.45, 2.75) is 26.8 Å². The molecule has 4 heteroatoms. The van der Waals surface area contributed by atoms with Crippen LogP contribution in [-0.2, 0) is 13.0 Å². The van der Waals surface area contributed by atoms with Crippen LogP contribution in [0.15, 0.2) is 18.2 Å². The molecule has 1 aromatic carbocycles. The molecule has 0 bridgehead atoms. The standard InChI is InChI=1S/C14H20ClN3/c1-10(2)9-18-13-5-4-11(15)8-12(13)17-14(18)6-7-16-3/h4-5,8,10,16H,6-7,9H2,1-3H3. The number of hydrogen-bond acceptors (Lipinski definition) is 2. The van der Waals surface area contributed by atoms with E-state index in [4.69, 9.17) is 16.6 Å². The molecule has 2 aromatic rings. The molecule has 3 nitrogen and oxygen atoms in total. The summed E-state index contributed by atoms with van der Waals surface area (Å²) >= 11 is 6.03. The summed E-state index contributed by atoms with van der Waals surface area (Å²) in [4.78, 5) is 4.70. The number of hydrogen-bond donors (Lipinski definition) is 1. The number of fused-ring (bicyclic) bond motifs is 1. The van der Waals surface area contributed by atoms with E-state index in [1.807, 2.05) is 19.2 Å². The molecule has 1 aromatic heterocycles. The van der Waals surface area contributed by atoms with Gasteiger partial charge in [0, 0.05) is 24.5 Å².